The van der Waals surface area contributed by atoms with E-state index in [2.05, 4.69) is 17.6 Å². The number of hydrogen-bond acceptors (Lipinski definition) is 4. The van der Waals surface area contributed by atoms with E-state index in [0.29, 0.717) is 24.1 Å². The molecular weight excluding hydrogens is 258 g/mol. The van der Waals surface area contributed by atoms with E-state index in [1.807, 2.05) is 0 Å². The van der Waals surface area contributed by atoms with E-state index in [0.717, 1.165) is 0 Å². The number of anilines is 1. The van der Waals surface area contributed by atoms with Crippen LogP contribution in [0.3, 0.4) is 0 Å². The highest BCUT2D eigenvalue weighted by atomic mass is 16.6. The average molecular weight is 277 g/mol. The summed E-state index contributed by atoms with van der Waals surface area (Å²) in [6, 6.07) is 4.45. The Bertz CT molecular complexity index is 526. The zero-order valence-corrected chi connectivity index (χ0v) is 11.7. The number of rotatable bonds is 6. The van der Waals surface area contributed by atoms with E-state index in [4.69, 9.17) is 0 Å². The van der Waals surface area contributed by atoms with Gasteiger partial charge in [0.2, 0.25) is 0 Å². The number of hydrogen-bond donors (Lipinski definition) is 2. The molecule has 1 aromatic rings. The minimum Gasteiger partial charge on any atom is -0.388 e. The largest absolute Gasteiger partial charge is 0.388 e. The lowest BCUT2D eigenvalue weighted by atomic mass is 10.1. The molecule has 0 heterocycles. The van der Waals surface area contributed by atoms with Crippen molar-refractivity contribution in [2.24, 2.45) is 11.8 Å². The van der Waals surface area contributed by atoms with Crippen molar-refractivity contribution in [3.63, 3.8) is 0 Å². The summed E-state index contributed by atoms with van der Waals surface area (Å²) in [5, 5.41) is 16.7. The number of amides is 1. The first-order chi connectivity index (χ1) is 9.52. The molecule has 1 atom stereocenters. The maximum atomic E-state index is 12.1. The van der Waals surface area contributed by atoms with Crippen LogP contribution in [0.15, 0.2) is 18.2 Å². The molecule has 1 aliphatic carbocycles. The van der Waals surface area contributed by atoms with Gasteiger partial charge in [0.25, 0.3) is 11.6 Å². The fourth-order valence-corrected chi connectivity index (χ4v) is 2.21. The van der Waals surface area contributed by atoms with Crippen LogP contribution in [0.5, 0.6) is 0 Å². The highest BCUT2D eigenvalue weighted by Gasteiger charge is 2.28. The first-order valence-electron chi connectivity index (χ1n) is 6.77. The molecule has 2 rings (SSSR count). The van der Waals surface area contributed by atoms with Crippen LogP contribution >= 0.6 is 0 Å². The Morgan fingerprint density at radius 1 is 1.50 bits per heavy atom. The maximum Gasteiger partial charge on any atom is 0.282 e. The van der Waals surface area contributed by atoms with Crippen molar-refractivity contribution < 1.29 is 9.72 Å². The number of carbonyl (C=O) groups excluding carboxylic acids is 1. The second kappa shape index (κ2) is 5.90. The van der Waals surface area contributed by atoms with Gasteiger partial charge in [-0.2, -0.15) is 0 Å². The maximum absolute atomic E-state index is 12.1. The van der Waals surface area contributed by atoms with Crippen molar-refractivity contribution in [2.75, 3.05) is 18.9 Å². The Balaban J connectivity index is 2.11. The van der Waals surface area contributed by atoms with Gasteiger partial charge in [0.1, 0.15) is 5.56 Å². The van der Waals surface area contributed by atoms with Gasteiger partial charge in [-0.05, 0) is 36.8 Å². The monoisotopic (exact) mass is 277 g/mol. The van der Waals surface area contributed by atoms with Gasteiger partial charge in [0, 0.05) is 25.3 Å². The second-order valence-electron chi connectivity index (χ2n) is 5.26. The minimum atomic E-state index is -0.529. The standard InChI is InChI=1S/C14H19N3O3/c1-9(10-3-4-10)8-16-14(18)12-7-11(15-2)5-6-13(12)17(19)20/h5-7,9-10,15H,3-4,8H2,1-2H3,(H,16,18). The number of nitro groups is 1. The van der Waals surface area contributed by atoms with Gasteiger partial charge in [-0.25, -0.2) is 0 Å². The Hall–Kier alpha value is -2.11. The highest BCUT2D eigenvalue weighted by molar-refractivity contribution is 5.99. The molecule has 1 aliphatic rings. The van der Waals surface area contributed by atoms with Crippen molar-refractivity contribution >= 4 is 17.3 Å². The SMILES string of the molecule is CNc1ccc([N+](=O)[O-])c(C(=O)NCC(C)C2CC2)c1. The Kier molecular flexibility index (Phi) is 4.22. The number of nitro benzene ring substituents is 1. The van der Waals surface area contributed by atoms with E-state index < -0.39 is 4.92 Å². The predicted molar refractivity (Wildman–Crippen MR) is 76.9 cm³/mol. The summed E-state index contributed by atoms with van der Waals surface area (Å²) < 4.78 is 0. The second-order valence-corrected chi connectivity index (χ2v) is 5.26. The molecule has 2 N–H and O–H groups in total. The molecule has 0 saturated heterocycles. The summed E-state index contributed by atoms with van der Waals surface area (Å²) >= 11 is 0. The molecule has 1 fully saturated rings. The number of nitrogens with one attached hydrogen (secondary N) is 2. The normalized spacial score (nSPS) is 15.5. The van der Waals surface area contributed by atoms with Crippen molar-refractivity contribution in [3.8, 4) is 0 Å². The fourth-order valence-electron chi connectivity index (χ4n) is 2.21. The van der Waals surface area contributed by atoms with E-state index in [-0.39, 0.29) is 17.2 Å². The molecule has 6 nitrogen and oxygen atoms in total. The smallest absolute Gasteiger partial charge is 0.282 e. The van der Waals surface area contributed by atoms with Crippen LogP contribution < -0.4 is 10.6 Å². The molecule has 0 spiro atoms. The van der Waals surface area contributed by atoms with Crippen molar-refractivity contribution in [1.29, 1.82) is 0 Å². The van der Waals surface area contributed by atoms with E-state index in [1.165, 1.54) is 25.0 Å². The van der Waals surface area contributed by atoms with Gasteiger partial charge in [-0.15, -0.1) is 0 Å². The summed E-state index contributed by atoms with van der Waals surface area (Å²) in [6.45, 7) is 2.65. The van der Waals surface area contributed by atoms with Crippen LogP contribution in [0, 0.1) is 22.0 Å². The van der Waals surface area contributed by atoms with Crippen molar-refractivity contribution in [1.82, 2.24) is 5.32 Å². The Labute approximate surface area is 117 Å². The molecule has 20 heavy (non-hydrogen) atoms. The van der Waals surface area contributed by atoms with E-state index >= 15 is 0 Å². The van der Waals surface area contributed by atoms with Crippen LogP contribution in [-0.2, 0) is 0 Å². The van der Waals surface area contributed by atoms with E-state index in [9.17, 15) is 14.9 Å². The molecular formula is C14H19N3O3. The molecule has 0 aromatic heterocycles. The Morgan fingerprint density at radius 3 is 2.75 bits per heavy atom. The fraction of sp³-hybridized carbons (Fsp3) is 0.500. The zero-order chi connectivity index (χ0) is 14.7. The van der Waals surface area contributed by atoms with Gasteiger partial charge in [0.15, 0.2) is 0 Å². The number of nitrogens with zero attached hydrogens (tertiary/aromatic N) is 1. The summed E-state index contributed by atoms with van der Waals surface area (Å²) in [5.41, 5.74) is 0.612. The topological polar surface area (TPSA) is 84.3 Å². The van der Waals surface area contributed by atoms with Crippen LogP contribution in [0.1, 0.15) is 30.1 Å². The third-order valence-electron chi connectivity index (χ3n) is 3.74. The summed E-state index contributed by atoms with van der Waals surface area (Å²) in [7, 11) is 1.71. The first-order valence-corrected chi connectivity index (χ1v) is 6.77. The van der Waals surface area contributed by atoms with Gasteiger partial charge in [-0.3, -0.25) is 14.9 Å². The van der Waals surface area contributed by atoms with Crippen molar-refractivity contribution in [2.45, 2.75) is 19.8 Å². The minimum absolute atomic E-state index is 0.102. The molecule has 0 bridgehead atoms. The summed E-state index contributed by atoms with van der Waals surface area (Å²) in [6.07, 6.45) is 2.43. The van der Waals surface area contributed by atoms with Crippen LogP contribution in [-0.4, -0.2) is 24.4 Å². The molecule has 0 radical (unpaired) electrons. The molecule has 0 aliphatic heterocycles. The Morgan fingerprint density at radius 2 is 2.20 bits per heavy atom. The van der Waals surface area contributed by atoms with Gasteiger partial charge >= 0.3 is 0 Å². The highest BCUT2D eigenvalue weighted by Crippen LogP contribution is 2.36. The molecule has 1 saturated carbocycles. The summed E-state index contributed by atoms with van der Waals surface area (Å²) in [4.78, 5) is 22.6. The summed E-state index contributed by atoms with van der Waals surface area (Å²) in [5.74, 6) is 0.723. The van der Waals surface area contributed by atoms with Crippen LogP contribution in [0.4, 0.5) is 11.4 Å². The van der Waals surface area contributed by atoms with Crippen LogP contribution in [0.25, 0.3) is 0 Å². The third-order valence-corrected chi connectivity index (χ3v) is 3.74. The van der Waals surface area contributed by atoms with Gasteiger partial charge < -0.3 is 10.6 Å². The molecule has 1 amide bonds. The molecule has 1 aromatic carbocycles. The predicted octanol–water partition coefficient (Wildman–Crippen LogP) is 2.41. The molecule has 6 heteroatoms. The molecule has 108 valence electrons. The van der Waals surface area contributed by atoms with Gasteiger partial charge in [-0.1, -0.05) is 6.92 Å². The zero-order valence-electron chi connectivity index (χ0n) is 11.7. The molecule has 1 unspecified atom stereocenters. The quantitative estimate of drug-likeness (QED) is 0.617. The van der Waals surface area contributed by atoms with Crippen molar-refractivity contribution in [3.05, 3.63) is 33.9 Å². The lowest BCUT2D eigenvalue weighted by Crippen LogP contribution is -2.29. The first kappa shape index (κ1) is 14.3. The average Bonchev–Trinajstić information content (AvgIpc) is 3.28. The van der Waals surface area contributed by atoms with Crippen LogP contribution in [0.2, 0.25) is 0 Å². The third kappa shape index (κ3) is 3.26. The van der Waals surface area contributed by atoms with E-state index in [1.54, 1.807) is 13.1 Å². The van der Waals surface area contributed by atoms with Gasteiger partial charge in [0.05, 0.1) is 4.92 Å². The number of carbonyl (C=O) groups is 1. The lowest BCUT2D eigenvalue weighted by molar-refractivity contribution is -0.385. The number of benzene rings is 1. The lowest BCUT2D eigenvalue weighted by Gasteiger charge is -2.12.